The molecule has 0 aromatic carbocycles. The maximum atomic E-state index is 13.9. The lowest BCUT2D eigenvalue weighted by atomic mass is 9.80. The lowest BCUT2D eigenvalue weighted by Crippen LogP contribution is -2.54. The number of rotatable bonds is 6. The number of carbonyl (C=O) groups excluding carboxylic acids is 1. The highest BCUT2D eigenvalue weighted by Crippen LogP contribution is 2.40. The van der Waals surface area contributed by atoms with Crippen molar-refractivity contribution >= 4 is 28.9 Å². The van der Waals surface area contributed by atoms with Gasteiger partial charge < -0.3 is 14.7 Å². The fraction of sp³-hybridized carbons (Fsp3) is 0.536. The second kappa shape index (κ2) is 10.4. The van der Waals surface area contributed by atoms with Crippen LogP contribution in [-0.2, 0) is 4.79 Å². The smallest absolute Gasteiger partial charge is 0.348 e. The molecule has 2 fully saturated rings. The first-order valence-electron chi connectivity index (χ1n) is 12.4. The zero-order valence-corrected chi connectivity index (χ0v) is 21.7. The van der Waals surface area contributed by atoms with E-state index in [1.54, 1.807) is 23.4 Å². The number of carboxylic acids is 1. The van der Waals surface area contributed by atoms with Crippen LogP contribution in [0.3, 0.4) is 0 Å². The highest BCUT2D eigenvalue weighted by Gasteiger charge is 2.42. The standard InChI is InChI=1S/C28H34N2O4S/c1-18-7-9-19(10-8-18)26(31)30(20-14-22(15-20)34-21-6-5-13-29-17-21)24-16-23(11-12-28(2,3)4)35-25(24)27(32)33/h5-6,13,16-20,22H,7-10,14-15H2,1-4H3,(H,32,33). The molecule has 4 rings (SSSR count). The highest BCUT2D eigenvalue weighted by molar-refractivity contribution is 7.15. The Morgan fingerprint density at radius 3 is 2.51 bits per heavy atom. The van der Waals surface area contributed by atoms with Crippen molar-refractivity contribution in [3.8, 4) is 17.6 Å². The number of amides is 1. The largest absolute Gasteiger partial charge is 0.489 e. The molecule has 0 aliphatic heterocycles. The van der Waals surface area contributed by atoms with Gasteiger partial charge in [-0.25, -0.2) is 4.79 Å². The molecule has 186 valence electrons. The van der Waals surface area contributed by atoms with E-state index in [1.165, 1.54) is 0 Å². The molecule has 2 saturated carbocycles. The zero-order chi connectivity index (χ0) is 25.2. The fourth-order valence-corrected chi connectivity index (χ4v) is 5.52. The minimum absolute atomic E-state index is 0.0297. The Morgan fingerprint density at radius 2 is 1.91 bits per heavy atom. The topological polar surface area (TPSA) is 79.7 Å². The van der Waals surface area contributed by atoms with Crippen molar-refractivity contribution in [2.45, 2.75) is 78.4 Å². The van der Waals surface area contributed by atoms with Gasteiger partial charge in [0.1, 0.15) is 16.7 Å². The van der Waals surface area contributed by atoms with Crippen molar-refractivity contribution in [1.82, 2.24) is 4.98 Å². The van der Waals surface area contributed by atoms with Gasteiger partial charge in [0, 0.05) is 36.4 Å². The van der Waals surface area contributed by atoms with Crippen LogP contribution in [0.4, 0.5) is 5.69 Å². The molecule has 0 bridgehead atoms. The number of nitrogens with zero attached hydrogens (tertiary/aromatic N) is 2. The number of pyridine rings is 1. The van der Waals surface area contributed by atoms with Gasteiger partial charge in [0.2, 0.25) is 5.91 Å². The van der Waals surface area contributed by atoms with Crippen LogP contribution in [0.5, 0.6) is 5.75 Å². The fourth-order valence-electron chi connectivity index (χ4n) is 4.68. The summed E-state index contributed by atoms with van der Waals surface area (Å²) in [6, 6.07) is 5.40. The maximum absolute atomic E-state index is 13.9. The number of aromatic carboxylic acids is 1. The van der Waals surface area contributed by atoms with E-state index in [9.17, 15) is 14.7 Å². The Bertz CT molecular complexity index is 1110. The summed E-state index contributed by atoms with van der Waals surface area (Å²) in [6.45, 7) is 8.28. The van der Waals surface area contributed by atoms with Gasteiger partial charge in [-0.1, -0.05) is 18.8 Å². The molecule has 2 aliphatic rings. The van der Waals surface area contributed by atoms with Gasteiger partial charge in [-0.15, -0.1) is 11.3 Å². The molecule has 6 nitrogen and oxygen atoms in total. The number of carboxylic acid groups (broad SMARTS) is 1. The van der Waals surface area contributed by atoms with Gasteiger partial charge in [-0.2, -0.15) is 0 Å². The Labute approximate surface area is 211 Å². The van der Waals surface area contributed by atoms with Crippen LogP contribution in [0.1, 0.15) is 80.8 Å². The molecule has 2 aromatic heterocycles. The third kappa shape index (κ3) is 6.24. The van der Waals surface area contributed by atoms with E-state index in [0.717, 1.165) is 37.0 Å². The Hall–Kier alpha value is -2.85. The molecular formula is C28H34N2O4S. The predicted molar refractivity (Wildman–Crippen MR) is 138 cm³/mol. The van der Waals surface area contributed by atoms with E-state index >= 15 is 0 Å². The third-order valence-electron chi connectivity index (χ3n) is 6.70. The first-order chi connectivity index (χ1) is 16.6. The van der Waals surface area contributed by atoms with Gasteiger partial charge in [0.15, 0.2) is 0 Å². The molecule has 0 atom stereocenters. The monoisotopic (exact) mass is 494 g/mol. The first kappa shape index (κ1) is 25.2. The second-order valence-corrected chi connectivity index (χ2v) is 11.9. The van der Waals surface area contributed by atoms with E-state index in [1.807, 2.05) is 32.9 Å². The highest BCUT2D eigenvalue weighted by atomic mass is 32.1. The quantitative estimate of drug-likeness (QED) is 0.498. The summed E-state index contributed by atoms with van der Waals surface area (Å²) in [6.07, 6.45) is 8.41. The number of hydrogen-bond acceptors (Lipinski definition) is 5. The van der Waals surface area contributed by atoms with Crippen LogP contribution in [0.25, 0.3) is 0 Å². The van der Waals surface area contributed by atoms with Crippen LogP contribution in [-0.4, -0.2) is 34.1 Å². The van der Waals surface area contributed by atoms with E-state index < -0.39 is 5.97 Å². The van der Waals surface area contributed by atoms with Crippen LogP contribution in [0.15, 0.2) is 30.6 Å². The van der Waals surface area contributed by atoms with Gasteiger partial charge in [-0.05, 0) is 70.6 Å². The van der Waals surface area contributed by atoms with Gasteiger partial charge >= 0.3 is 5.97 Å². The van der Waals surface area contributed by atoms with Crippen molar-refractivity contribution in [1.29, 1.82) is 0 Å². The van der Waals surface area contributed by atoms with Gasteiger partial charge in [0.25, 0.3) is 0 Å². The van der Waals surface area contributed by atoms with E-state index in [4.69, 9.17) is 4.74 Å². The molecule has 7 heteroatoms. The number of hydrogen-bond donors (Lipinski definition) is 1. The van der Waals surface area contributed by atoms with E-state index in [0.29, 0.717) is 35.1 Å². The lowest BCUT2D eigenvalue weighted by molar-refractivity contribution is -0.124. The zero-order valence-electron chi connectivity index (χ0n) is 20.9. The molecule has 1 N–H and O–H groups in total. The SMILES string of the molecule is CC1CCC(C(=O)N(c2cc(C#CC(C)(C)C)sc2C(=O)O)C2CC(Oc3cccnc3)C2)CC1. The van der Waals surface area contributed by atoms with Gasteiger partial charge in [0.05, 0.1) is 16.8 Å². The molecule has 0 saturated heterocycles. The van der Waals surface area contributed by atoms with E-state index in [-0.39, 0.29) is 34.3 Å². The average molecular weight is 495 g/mol. The summed E-state index contributed by atoms with van der Waals surface area (Å²) in [5.41, 5.74) is 0.279. The molecular weight excluding hydrogens is 460 g/mol. The molecule has 35 heavy (non-hydrogen) atoms. The normalized spacial score (nSPS) is 24.0. The minimum atomic E-state index is -1.02. The predicted octanol–water partition coefficient (Wildman–Crippen LogP) is 6.01. The summed E-state index contributed by atoms with van der Waals surface area (Å²) >= 11 is 1.15. The van der Waals surface area contributed by atoms with Crippen molar-refractivity contribution in [2.24, 2.45) is 17.3 Å². The Kier molecular flexibility index (Phi) is 7.51. The van der Waals surface area contributed by atoms with Crippen LogP contribution in [0.2, 0.25) is 0 Å². The summed E-state index contributed by atoms with van der Waals surface area (Å²) in [7, 11) is 0. The molecule has 2 aromatic rings. The molecule has 2 heterocycles. The van der Waals surface area contributed by atoms with Crippen molar-refractivity contribution in [3.05, 3.63) is 40.3 Å². The number of carbonyl (C=O) groups is 2. The molecule has 2 aliphatic carbocycles. The Morgan fingerprint density at radius 1 is 1.20 bits per heavy atom. The van der Waals surface area contributed by atoms with Crippen molar-refractivity contribution in [3.63, 3.8) is 0 Å². The summed E-state index contributed by atoms with van der Waals surface area (Å²) in [4.78, 5) is 32.8. The van der Waals surface area contributed by atoms with E-state index in [2.05, 4.69) is 23.7 Å². The number of anilines is 1. The summed E-state index contributed by atoms with van der Waals surface area (Å²) < 4.78 is 6.03. The number of thiophene rings is 1. The molecule has 0 radical (unpaired) electrons. The molecule has 0 spiro atoms. The number of ether oxygens (including phenoxy) is 1. The Balaban J connectivity index is 1.61. The summed E-state index contributed by atoms with van der Waals surface area (Å²) in [5, 5.41) is 9.99. The van der Waals surface area contributed by atoms with Crippen LogP contribution < -0.4 is 9.64 Å². The van der Waals surface area contributed by atoms with Crippen molar-refractivity contribution in [2.75, 3.05) is 4.90 Å². The summed E-state index contributed by atoms with van der Waals surface area (Å²) in [5.74, 6) is 6.59. The van der Waals surface area contributed by atoms with Gasteiger partial charge in [-0.3, -0.25) is 9.78 Å². The van der Waals surface area contributed by atoms with Crippen LogP contribution in [0, 0.1) is 29.1 Å². The maximum Gasteiger partial charge on any atom is 0.348 e. The second-order valence-electron chi connectivity index (χ2n) is 10.8. The third-order valence-corrected chi connectivity index (χ3v) is 7.73. The van der Waals surface area contributed by atoms with Crippen molar-refractivity contribution < 1.29 is 19.4 Å². The van der Waals surface area contributed by atoms with Crippen LogP contribution >= 0.6 is 11.3 Å². The lowest BCUT2D eigenvalue weighted by Gasteiger charge is -2.44. The first-order valence-corrected chi connectivity index (χ1v) is 13.2. The number of aromatic nitrogens is 1. The average Bonchev–Trinajstić information content (AvgIpc) is 3.21. The molecule has 1 amide bonds. The minimum Gasteiger partial charge on any atom is -0.489 e. The molecule has 0 unspecified atom stereocenters.